The average molecular weight is 355 g/mol. The maximum atomic E-state index is 12.0. The van der Waals surface area contributed by atoms with Crippen molar-refractivity contribution in [2.24, 2.45) is 0 Å². The lowest BCUT2D eigenvalue weighted by Crippen LogP contribution is -2.30. The van der Waals surface area contributed by atoms with Gasteiger partial charge in [-0.15, -0.1) is 0 Å². The van der Waals surface area contributed by atoms with Crippen LogP contribution in [0.5, 0.6) is 17.2 Å². The van der Waals surface area contributed by atoms with E-state index in [0.29, 0.717) is 41.5 Å². The fourth-order valence-corrected chi connectivity index (χ4v) is 2.45. The van der Waals surface area contributed by atoms with Crippen molar-refractivity contribution >= 4 is 11.7 Å². The van der Waals surface area contributed by atoms with Gasteiger partial charge >= 0.3 is 6.03 Å². The van der Waals surface area contributed by atoms with Gasteiger partial charge in [-0.3, -0.25) is 0 Å². The Kier molecular flexibility index (Phi) is 6.68. The Labute approximate surface area is 152 Å². The molecule has 0 spiro atoms. The second-order valence-corrected chi connectivity index (χ2v) is 5.31. The lowest BCUT2D eigenvalue weighted by atomic mass is 10.1. The molecule has 7 nitrogen and oxygen atoms in total. The molecule has 0 radical (unpaired) electrons. The Hall–Kier alpha value is -3.40. The van der Waals surface area contributed by atoms with E-state index in [1.54, 1.807) is 51.7 Å². The van der Waals surface area contributed by atoms with Gasteiger partial charge in [0.1, 0.15) is 11.8 Å². The van der Waals surface area contributed by atoms with Crippen LogP contribution in [0.2, 0.25) is 0 Å². The monoisotopic (exact) mass is 355 g/mol. The van der Waals surface area contributed by atoms with Crippen LogP contribution in [0.25, 0.3) is 0 Å². The quantitative estimate of drug-likeness (QED) is 0.796. The van der Waals surface area contributed by atoms with Crippen molar-refractivity contribution in [2.45, 2.75) is 6.42 Å². The van der Waals surface area contributed by atoms with E-state index in [2.05, 4.69) is 10.6 Å². The van der Waals surface area contributed by atoms with Gasteiger partial charge in [-0.05, 0) is 30.2 Å². The van der Waals surface area contributed by atoms with Crippen LogP contribution in [-0.4, -0.2) is 33.9 Å². The highest BCUT2D eigenvalue weighted by Crippen LogP contribution is 2.34. The van der Waals surface area contributed by atoms with Crippen molar-refractivity contribution in [1.29, 1.82) is 5.26 Å². The van der Waals surface area contributed by atoms with E-state index in [-0.39, 0.29) is 6.03 Å². The molecule has 2 amide bonds. The van der Waals surface area contributed by atoms with E-state index in [4.69, 9.17) is 19.5 Å². The van der Waals surface area contributed by atoms with Crippen LogP contribution in [-0.2, 0) is 6.42 Å². The summed E-state index contributed by atoms with van der Waals surface area (Å²) in [5, 5.41) is 14.5. The van der Waals surface area contributed by atoms with Gasteiger partial charge in [0.2, 0.25) is 0 Å². The molecule has 0 atom stereocenters. The normalized spacial score (nSPS) is 9.77. The first-order valence-electron chi connectivity index (χ1n) is 7.95. The molecule has 0 aliphatic heterocycles. The summed E-state index contributed by atoms with van der Waals surface area (Å²) in [7, 11) is 4.69. The summed E-state index contributed by atoms with van der Waals surface area (Å²) < 4.78 is 15.9. The second-order valence-electron chi connectivity index (χ2n) is 5.31. The molecule has 26 heavy (non-hydrogen) atoms. The number of nitrogens with zero attached hydrogens (tertiary/aromatic N) is 1. The van der Waals surface area contributed by atoms with Gasteiger partial charge in [0.05, 0.1) is 32.6 Å². The first-order valence-corrected chi connectivity index (χ1v) is 7.95. The number of hydrogen-bond donors (Lipinski definition) is 2. The van der Waals surface area contributed by atoms with Gasteiger partial charge < -0.3 is 24.8 Å². The molecule has 0 saturated heterocycles. The van der Waals surface area contributed by atoms with Crippen LogP contribution in [0.15, 0.2) is 36.4 Å². The first-order chi connectivity index (χ1) is 12.6. The highest BCUT2D eigenvalue weighted by molar-refractivity contribution is 5.90. The zero-order valence-corrected chi connectivity index (χ0v) is 15.0. The number of ether oxygens (including phenoxy) is 3. The number of anilines is 1. The molecule has 2 aromatic carbocycles. The molecule has 7 heteroatoms. The molecule has 0 unspecified atom stereocenters. The molecule has 0 heterocycles. The topological polar surface area (TPSA) is 92.6 Å². The van der Waals surface area contributed by atoms with Crippen LogP contribution >= 0.6 is 0 Å². The molecule has 2 N–H and O–H groups in total. The summed E-state index contributed by atoms with van der Waals surface area (Å²) in [6.45, 7) is 0.381. The largest absolute Gasteiger partial charge is 0.496 e. The van der Waals surface area contributed by atoms with Gasteiger partial charge in [0, 0.05) is 12.6 Å². The van der Waals surface area contributed by atoms with Crippen LogP contribution in [0.3, 0.4) is 0 Å². The van der Waals surface area contributed by atoms with E-state index in [1.165, 1.54) is 0 Å². The smallest absolute Gasteiger partial charge is 0.319 e. The van der Waals surface area contributed by atoms with E-state index in [9.17, 15) is 4.79 Å². The number of hydrogen-bond acceptors (Lipinski definition) is 5. The molecule has 0 aliphatic rings. The molecular formula is C19H21N3O4. The number of benzene rings is 2. The summed E-state index contributed by atoms with van der Waals surface area (Å²) in [4.78, 5) is 12.0. The first kappa shape index (κ1) is 18.9. The molecule has 0 aromatic heterocycles. The van der Waals surface area contributed by atoms with Crippen LogP contribution in [0.1, 0.15) is 11.1 Å². The minimum atomic E-state index is -0.382. The number of nitrogens with one attached hydrogen (secondary N) is 2. The SMILES string of the molecule is COc1cc(OC)c(OC)cc1CCNC(=O)Nc1ccccc1C#N. The number of rotatable bonds is 7. The zero-order chi connectivity index (χ0) is 18.9. The van der Waals surface area contributed by atoms with Crippen LogP contribution in [0, 0.1) is 11.3 Å². The molecule has 0 fully saturated rings. The Morgan fingerprint density at radius 2 is 1.69 bits per heavy atom. The van der Waals surface area contributed by atoms with Crippen molar-refractivity contribution < 1.29 is 19.0 Å². The summed E-state index contributed by atoms with van der Waals surface area (Å²) in [6, 6.07) is 12.0. The molecule has 0 aliphatic carbocycles. The van der Waals surface area contributed by atoms with Gasteiger partial charge in [0.25, 0.3) is 0 Å². The van der Waals surface area contributed by atoms with Crippen LogP contribution in [0.4, 0.5) is 10.5 Å². The molecule has 2 rings (SSSR count). The summed E-state index contributed by atoms with van der Waals surface area (Å²) in [6.07, 6.45) is 0.539. The Morgan fingerprint density at radius 1 is 1.04 bits per heavy atom. The van der Waals surface area contributed by atoms with E-state index < -0.39 is 0 Å². The Bertz CT molecular complexity index is 815. The number of urea groups is 1. The summed E-state index contributed by atoms with van der Waals surface area (Å²) >= 11 is 0. The average Bonchev–Trinajstić information content (AvgIpc) is 2.67. The molecular weight excluding hydrogens is 334 g/mol. The third-order valence-corrected chi connectivity index (χ3v) is 3.76. The lowest BCUT2D eigenvalue weighted by molar-refractivity contribution is 0.252. The number of nitriles is 1. The fraction of sp³-hybridized carbons (Fsp3) is 0.263. The zero-order valence-electron chi connectivity index (χ0n) is 15.0. The maximum absolute atomic E-state index is 12.0. The Morgan fingerprint density at radius 3 is 2.35 bits per heavy atom. The standard InChI is InChI=1S/C19H21N3O4/c1-24-16-11-18(26-3)17(25-2)10-13(16)8-9-21-19(23)22-15-7-5-4-6-14(15)12-20/h4-7,10-11H,8-9H2,1-3H3,(H2,21,22,23). The third-order valence-electron chi connectivity index (χ3n) is 3.76. The van der Waals surface area contributed by atoms with Crippen molar-refractivity contribution in [3.8, 4) is 23.3 Å². The number of methoxy groups -OCH3 is 3. The van der Waals surface area contributed by atoms with Gasteiger partial charge in [-0.25, -0.2) is 4.79 Å². The second kappa shape index (κ2) is 9.18. The summed E-state index contributed by atoms with van der Waals surface area (Å²) in [5.74, 6) is 1.82. The van der Waals surface area contributed by atoms with E-state index in [1.807, 2.05) is 12.1 Å². The summed E-state index contributed by atoms with van der Waals surface area (Å²) in [5.41, 5.74) is 1.75. The molecule has 136 valence electrons. The lowest BCUT2D eigenvalue weighted by Gasteiger charge is -2.14. The Balaban J connectivity index is 1.99. The third kappa shape index (κ3) is 4.57. The van der Waals surface area contributed by atoms with Crippen molar-refractivity contribution in [1.82, 2.24) is 5.32 Å². The van der Waals surface area contributed by atoms with Gasteiger partial charge in [-0.1, -0.05) is 12.1 Å². The molecule has 2 aromatic rings. The predicted octanol–water partition coefficient (Wildman–Crippen LogP) is 2.95. The number of para-hydroxylation sites is 1. The fourth-order valence-electron chi connectivity index (χ4n) is 2.45. The highest BCUT2D eigenvalue weighted by Gasteiger charge is 2.12. The number of carbonyl (C=O) groups is 1. The van der Waals surface area contributed by atoms with Crippen molar-refractivity contribution in [3.05, 3.63) is 47.5 Å². The van der Waals surface area contributed by atoms with Crippen LogP contribution < -0.4 is 24.8 Å². The molecule has 0 saturated carbocycles. The van der Waals surface area contributed by atoms with Crippen molar-refractivity contribution in [2.75, 3.05) is 33.2 Å². The predicted molar refractivity (Wildman–Crippen MR) is 98.0 cm³/mol. The van der Waals surface area contributed by atoms with E-state index in [0.717, 1.165) is 5.56 Å². The number of carbonyl (C=O) groups excluding carboxylic acids is 1. The van der Waals surface area contributed by atoms with Crippen molar-refractivity contribution in [3.63, 3.8) is 0 Å². The van der Waals surface area contributed by atoms with Gasteiger partial charge in [-0.2, -0.15) is 5.26 Å². The van der Waals surface area contributed by atoms with Gasteiger partial charge in [0.15, 0.2) is 11.5 Å². The maximum Gasteiger partial charge on any atom is 0.319 e. The minimum absolute atomic E-state index is 0.381. The minimum Gasteiger partial charge on any atom is -0.496 e. The van der Waals surface area contributed by atoms with E-state index >= 15 is 0 Å². The highest BCUT2D eigenvalue weighted by atomic mass is 16.5. The number of amides is 2. The molecule has 0 bridgehead atoms.